The Balaban J connectivity index is 1.83. The maximum Gasteiger partial charge on any atom is 0.320 e. The summed E-state index contributed by atoms with van der Waals surface area (Å²) in [4.78, 5) is 16.3. The summed E-state index contributed by atoms with van der Waals surface area (Å²) in [7, 11) is 0. The molecule has 3 nitrogen and oxygen atoms in total. The van der Waals surface area contributed by atoms with Gasteiger partial charge in [0.1, 0.15) is 0 Å². The van der Waals surface area contributed by atoms with Crippen molar-refractivity contribution >= 4 is 6.03 Å². The topological polar surface area (TPSA) is 23.6 Å². The molecule has 2 amide bonds. The highest BCUT2D eigenvalue weighted by molar-refractivity contribution is 5.74. The van der Waals surface area contributed by atoms with Gasteiger partial charge >= 0.3 is 6.03 Å². The molecule has 1 unspecified atom stereocenters. The van der Waals surface area contributed by atoms with Gasteiger partial charge in [0.25, 0.3) is 0 Å². The molecular weight excluding hydrogens is 200 g/mol. The number of amides is 2. The van der Waals surface area contributed by atoms with E-state index in [9.17, 15) is 4.79 Å². The lowest BCUT2D eigenvalue weighted by Gasteiger charge is -2.33. The predicted octanol–water partition coefficient (Wildman–Crippen LogP) is 2.57. The van der Waals surface area contributed by atoms with Crippen molar-refractivity contribution in [1.82, 2.24) is 9.80 Å². The molecule has 16 heavy (non-hydrogen) atoms. The molecule has 92 valence electrons. The Bertz CT molecular complexity index is 242. The fourth-order valence-corrected chi connectivity index (χ4v) is 2.74. The summed E-state index contributed by atoms with van der Waals surface area (Å²) in [5.41, 5.74) is 0. The first-order chi connectivity index (χ1) is 7.70. The lowest BCUT2D eigenvalue weighted by Crippen LogP contribution is -2.45. The number of rotatable bonds is 1. The van der Waals surface area contributed by atoms with E-state index in [0.29, 0.717) is 6.03 Å². The van der Waals surface area contributed by atoms with Gasteiger partial charge in [-0.1, -0.05) is 20.3 Å². The van der Waals surface area contributed by atoms with Crippen LogP contribution in [0.15, 0.2) is 0 Å². The maximum atomic E-state index is 12.2. The summed E-state index contributed by atoms with van der Waals surface area (Å²) in [5.74, 6) is 1.54. The summed E-state index contributed by atoms with van der Waals surface area (Å²) in [6.07, 6.45) is 4.76. The van der Waals surface area contributed by atoms with Crippen molar-refractivity contribution in [2.24, 2.45) is 11.8 Å². The summed E-state index contributed by atoms with van der Waals surface area (Å²) >= 11 is 0. The van der Waals surface area contributed by atoms with Gasteiger partial charge in [-0.3, -0.25) is 0 Å². The first kappa shape index (κ1) is 11.7. The molecule has 0 spiro atoms. The third-order valence-electron chi connectivity index (χ3n) is 4.19. The zero-order valence-electron chi connectivity index (χ0n) is 10.6. The number of likely N-dealkylation sites (tertiary alicyclic amines) is 2. The third kappa shape index (κ3) is 2.50. The number of nitrogens with zero attached hydrogens (tertiary/aromatic N) is 2. The molecule has 2 rings (SSSR count). The Kier molecular flexibility index (Phi) is 3.72. The number of piperidine rings is 1. The minimum absolute atomic E-state index is 0.294. The molecule has 2 saturated heterocycles. The van der Waals surface area contributed by atoms with Gasteiger partial charge in [0.2, 0.25) is 0 Å². The van der Waals surface area contributed by atoms with Gasteiger partial charge in [0.05, 0.1) is 0 Å². The van der Waals surface area contributed by atoms with Crippen LogP contribution in [-0.4, -0.2) is 42.0 Å². The van der Waals surface area contributed by atoms with Crippen LogP contribution in [0, 0.1) is 11.8 Å². The Morgan fingerprint density at radius 3 is 2.31 bits per heavy atom. The second kappa shape index (κ2) is 5.07. The zero-order chi connectivity index (χ0) is 11.5. The average molecular weight is 224 g/mol. The van der Waals surface area contributed by atoms with Crippen molar-refractivity contribution in [3.8, 4) is 0 Å². The summed E-state index contributed by atoms with van der Waals surface area (Å²) < 4.78 is 0. The van der Waals surface area contributed by atoms with E-state index >= 15 is 0 Å². The summed E-state index contributed by atoms with van der Waals surface area (Å²) in [5, 5.41) is 0. The second-order valence-corrected chi connectivity index (χ2v) is 5.46. The minimum Gasteiger partial charge on any atom is -0.325 e. The minimum atomic E-state index is 0.294. The molecule has 0 aromatic heterocycles. The average Bonchev–Trinajstić information content (AvgIpc) is 2.77. The lowest BCUT2D eigenvalue weighted by molar-refractivity contribution is 0.141. The highest BCUT2D eigenvalue weighted by Crippen LogP contribution is 2.22. The molecule has 2 fully saturated rings. The molecule has 0 N–H and O–H groups in total. The molecule has 2 aliphatic rings. The Morgan fingerprint density at radius 2 is 1.75 bits per heavy atom. The Morgan fingerprint density at radius 1 is 1.12 bits per heavy atom. The number of hydrogen-bond donors (Lipinski definition) is 0. The van der Waals surface area contributed by atoms with Crippen molar-refractivity contribution < 1.29 is 4.79 Å². The van der Waals surface area contributed by atoms with Gasteiger partial charge in [0.15, 0.2) is 0 Å². The van der Waals surface area contributed by atoms with Gasteiger partial charge < -0.3 is 9.80 Å². The van der Waals surface area contributed by atoms with E-state index in [1.54, 1.807) is 0 Å². The molecule has 0 aromatic carbocycles. The second-order valence-electron chi connectivity index (χ2n) is 5.46. The summed E-state index contributed by atoms with van der Waals surface area (Å²) in [6, 6.07) is 0.294. The van der Waals surface area contributed by atoms with E-state index < -0.39 is 0 Å². The monoisotopic (exact) mass is 224 g/mol. The molecule has 2 heterocycles. The van der Waals surface area contributed by atoms with Gasteiger partial charge in [-0.25, -0.2) is 4.79 Å². The number of hydrogen-bond acceptors (Lipinski definition) is 1. The highest BCUT2D eigenvalue weighted by Gasteiger charge is 2.29. The van der Waals surface area contributed by atoms with Crippen molar-refractivity contribution in [3.05, 3.63) is 0 Å². The smallest absolute Gasteiger partial charge is 0.320 e. The van der Waals surface area contributed by atoms with Crippen LogP contribution in [-0.2, 0) is 0 Å². The molecule has 0 aliphatic carbocycles. The van der Waals surface area contributed by atoms with Crippen LogP contribution in [0.3, 0.4) is 0 Å². The molecule has 1 atom stereocenters. The normalized spacial score (nSPS) is 27.5. The summed E-state index contributed by atoms with van der Waals surface area (Å²) in [6.45, 7) is 8.40. The maximum absolute atomic E-state index is 12.2. The van der Waals surface area contributed by atoms with Gasteiger partial charge in [-0.05, 0) is 31.1 Å². The van der Waals surface area contributed by atoms with Crippen LogP contribution in [0.2, 0.25) is 0 Å². The fraction of sp³-hybridized carbons (Fsp3) is 0.923. The van der Waals surface area contributed by atoms with Gasteiger partial charge in [-0.2, -0.15) is 0 Å². The van der Waals surface area contributed by atoms with E-state index in [2.05, 4.69) is 23.6 Å². The number of carbonyl (C=O) groups is 1. The molecule has 2 aliphatic heterocycles. The first-order valence-electron chi connectivity index (χ1n) is 6.74. The molecule has 0 bridgehead atoms. The largest absolute Gasteiger partial charge is 0.325 e. The van der Waals surface area contributed by atoms with E-state index in [-0.39, 0.29) is 0 Å². The molecule has 0 saturated carbocycles. The fourth-order valence-electron chi connectivity index (χ4n) is 2.74. The third-order valence-corrected chi connectivity index (χ3v) is 4.19. The molecule has 0 aromatic rings. The zero-order valence-corrected chi connectivity index (χ0v) is 10.6. The molecule has 0 radical (unpaired) electrons. The Hall–Kier alpha value is -0.730. The SMILES string of the molecule is CCC1CCN(C(=O)N2CCC(C)CC2)C1. The van der Waals surface area contributed by atoms with Crippen molar-refractivity contribution in [2.45, 2.75) is 39.5 Å². The predicted molar refractivity (Wildman–Crippen MR) is 65.3 cm³/mol. The molecular formula is C13H24N2O. The van der Waals surface area contributed by atoms with Gasteiger partial charge in [0, 0.05) is 26.2 Å². The van der Waals surface area contributed by atoms with Crippen LogP contribution >= 0.6 is 0 Å². The van der Waals surface area contributed by atoms with E-state index in [1.807, 2.05) is 0 Å². The van der Waals surface area contributed by atoms with E-state index in [0.717, 1.165) is 38.0 Å². The van der Waals surface area contributed by atoms with Crippen LogP contribution in [0.1, 0.15) is 39.5 Å². The highest BCUT2D eigenvalue weighted by atomic mass is 16.2. The molecule has 3 heteroatoms. The van der Waals surface area contributed by atoms with E-state index in [1.165, 1.54) is 25.7 Å². The number of carbonyl (C=O) groups excluding carboxylic acids is 1. The standard InChI is InChI=1S/C13H24N2O/c1-3-12-6-9-15(10-12)13(16)14-7-4-11(2)5-8-14/h11-12H,3-10H2,1-2H3. The Labute approximate surface area is 98.8 Å². The van der Waals surface area contributed by atoms with Crippen molar-refractivity contribution in [1.29, 1.82) is 0 Å². The first-order valence-corrected chi connectivity index (χ1v) is 6.74. The van der Waals surface area contributed by atoms with Crippen LogP contribution in [0.4, 0.5) is 4.79 Å². The van der Waals surface area contributed by atoms with Crippen LogP contribution in [0.5, 0.6) is 0 Å². The number of urea groups is 1. The van der Waals surface area contributed by atoms with E-state index in [4.69, 9.17) is 0 Å². The van der Waals surface area contributed by atoms with Crippen LogP contribution in [0.25, 0.3) is 0 Å². The van der Waals surface area contributed by atoms with Crippen molar-refractivity contribution in [3.63, 3.8) is 0 Å². The van der Waals surface area contributed by atoms with Crippen LogP contribution < -0.4 is 0 Å². The quantitative estimate of drug-likeness (QED) is 0.671. The van der Waals surface area contributed by atoms with Crippen molar-refractivity contribution in [2.75, 3.05) is 26.2 Å². The van der Waals surface area contributed by atoms with Gasteiger partial charge in [-0.15, -0.1) is 0 Å². The lowest BCUT2D eigenvalue weighted by atomic mass is 10.00.